The number of carbonyl (C=O) groups is 1. The van der Waals surface area contributed by atoms with Crippen LogP contribution in [0.5, 0.6) is 0 Å². The fraction of sp³-hybridized carbons (Fsp3) is 0.143. The molecule has 0 fully saturated rings. The first-order valence-corrected chi connectivity index (χ1v) is 7.43. The summed E-state index contributed by atoms with van der Waals surface area (Å²) < 4.78 is 1.28. The Morgan fingerprint density at radius 1 is 1.35 bits per heavy atom. The Hall–Kier alpha value is -1.72. The average molecular weight is 309 g/mol. The number of ketones is 1. The van der Waals surface area contributed by atoms with E-state index in [4.69, 9.17) is 17.3 Å². The molecule has 0 unspecified atom stereocenters. The van der Waals surface area contributed by atoms with E-state index in [1.165, 1.54) is 29.3 Å². The Balaban J connectivity index is 2.88. The number of thioether (sulfide) groups is 1. The van der Waals surface area contributed by atoms with E-state index in [0.717, 1.165) is 0 Å². The zero-order valence-corrected chi connectivity index (χ0v) is 12.6. The van der Waals surface area contributed by atoms with Gasteiger partial charge >= 0.3 is 0 Å². The number of pyridine rings is 1. The van der Waals surface area contributed by atoms with Gasteiger partial charge in [0, 0.05) is 4.90 Å². The van der Waals surface area contributed by atoms with Crippen molar-refractivity contribution >= 4 is 35.0 Å². The summed E-state index contributed by atoms with van der Waals surface area (Å²) in [5.41, 5.74) is 6.15. The van der Waals surface area contributed by atoms with E-state index >= 15 is 0 Å². The van der Waals surface area contributed by atoms with E-state index < -0.39 is 5.56 Å². The van der Waals surface area contributed by atoms with Crippen LogP contribution in [-0.2, 0) is 0 Å². The lowest BCUT2D eigenvalue weighted by molar-refractivity contribution is 0.101. The van der Waals surface area contributed by atoms with E-state index in [-0.39, 0.29) is 17.2 Å². The Labute approximate surface area is 125 Å². The van der Waals surface area contributed by atoms with Gasteiger partial charge in [0.05, 0.1) is 16.3 Å². The summed E-state index contributed by atoms with van der Waals surface area (Å²) in [6.45, 7) is 1.36. The van der Waals surface area contributed by atoms with Gasteiger partial charge in [-0.15, -0.1) is 11.8 Å². The highest BCUT2D eigenvalue weighted by Gasteiger charge is 2.17. The zero-order chi connectivity index (χ0) is 14.9. The molecule has 20 heavy (non-hydrogen) atoms. The molecular weight excluding hydrogens is 296 g/mol. The number of nitrogen functional groups attached to an aromatic ring is 1. The van der Waals surface area contributed by atoms with Crippen molar-refractivity contribution in [3.05, 3.63) is 51.3 Å². The van der Waals surface area contributed by atoms with Crippen molar-refractivity contribution in [3.8, 4) is 5.69 Å². The van der Waals surface area contributed by atoms with Crippen LogP contribution in [0.1, 0.15) is 17.3 Å². The molecule has 0 amide bonds. The minimum absolute atomic E-state index is 0.100. The third kappa shape index (κ3) is 2.46. The first-order valence-electron chi connectivity index (χ1n) is 5.82. The summed E-state index contributed by atoms with van der Waals surface area (Å²) in [6, 6.07) is 8.40. The standard InChI is InChI=1S/C14H13ClN2O2S/c1-8(18)9-7-12(20-2)13(16)17(14(9)19)11-6-4-3-5-10(11)15/h3-7H,16H2,1-2H3. The number of para-hydroxylation sites is 1. The first kappa shape index (κ1) is 14.7. The summed E-state index contributed by atoms with van der Waals surface area (Å²) in [5.74, 6) is -0.0216. The van der Waals surface area contributed by atoms with Crippen molar-refractivity contribution in [2.24, 2.45) is 0 Å². The van der Waals surface area contributed by atoms with Gasteiger partial charge < -0.3 is 5.73 Å². The normalized spacial score (nSPS) is 10.6. The van der Waals surface area contributed by atoms with Crippen LogP contribution in [0.15, 0.2) is 40.0 Å². The first-order chi connectivity index (χ1) is 9.47. The molecule has 0 aliphatic heterocycles. The molecular formula is C14H13ClN2O2S. The lowest BCUT2D eigenvalue weighted by atomic mass is 10.2. The number of halogens is 1. The second-order valence-corrected chi connectivity index (χ2v) is 5.42. The fourth-order valence-corrected chi connectivity index (χ4v) is 2.65. The third-order valence-electron chi connectivity index (χ3n) is 2.89. The number of rotatable bonds is 3. The Morgan fingerprint density at radius 3 is 2.55 bits per heavy atom. The maximum Gasteiger partial charge on any atom is 0.267 e. The summed E-state index contributed by atoms with van der Waals surface area (Å²) >= 11 is 7.49. The molecule has 2 rings (SSSR count). The number of Topliss-reactive ketones (excluding diaryl/α,β-unsaturated/α-hetero) is 1. The third-order valence-corrected chi connectivity index (χ3v) is 3.98. The van der Waals surface area contributed by atoms with Gasteiger partial charge in [-0.25, -0.2) is 0 Å². The molecule has 2 aromatic rings. The van der Waals surface area contributed by atoms with Crippen molar-refractivity contribution in [2.75, 3.05) is 12.0 Å². The summed E-state index contributed by atoms with van der Waals surface area (Å²) in [5, 5.41) is 0.397. The lowest BCUT2D eigenvalue weighted by Crippen LogP contribution is -2.27. The highest BCUT2D eigenvalue weighted by atomic mass is 35.5. The van der Waals surface area contributed by atoms with Gasteiger partial charge in [-0.05, 0) is 31.4 Å². The molecule has 0 spiro atoms. The number of hydrogen-bond donors (Lipinski definition) is 1. The zero-order valence-electron chi connectivity index (χ0n) is 11.0. The predicted molar refractivity (Wildman–Crippen MR) is 83.2 cm³/mol. The van der Waals surface area contributed by atoms with E-state index in [1.54, 1.807) is 24.3 Å². The SMILES string of the molecule is CSc1cc(C(C)=O)c(=O)n(-c2ccccc2Cl)c1N. The Morgan fingerprint density at radius 2 is 2.00 bits per heavy atom. The quantitative estimate of drug-likeness (QED) is 0.699. The second kappa shape index (κ2) is 5.73. The molecule has 0 saturated heterocycles. The number of anilines is 1. The van der Waals surface area contributed by atoms with Gasteiger partial charge in [0.1, 0.15) is 5.82 Å². The second-order valence-electron chi connectivity index (χ2n) is 4.16. The van der Waals surface area contributed by atoms with Crippen LogP contribution in [0.4, 0.5) is 5.82 Å². The molecule has 104 valence electrons. The van der Waals surface area contributed by atoms with Crippen LogP contribution >= 0.6 is 23.4 Å². The van der Waals surface area contributed by atoms with E-state index in [0.29, 0.717) is 15.6 Å². The van der Waals surface area contributed by atoms with Crippen LogP contribution in [0, 0.1) is 0 Å². The lowest BCUT2D eigenvalue weighted by Gasteiger charge is -2.15. The molecule has 0 bridgehead atoms. The number of nitrogens with two attached hydrogens (primary N) is 1. The van der Waals surface area contributed by atoms with E-state index in [9.17, 15) is 9.59 Å². The summed E-state index contributed by atoms with van der Waals surface area (Å²) in [6.07, 6.45) is 1.83. The summed E-state index contributed by atoms with van der Waals surface area (Å²) in [4.78, 5) is 24.7. The molecule has 0 radical (unpaired) electrons. The van der Waals surface area contributed by atoms with Crippen LogP contribution < -0.4 is 11.3 Å². The van der Waals surface area contributed by atoms with E-state index in [2.05, 4.69) is 0 Å². The maximum absolute atomic E-state index is 12.4. The molecule has 0 aliphatic rings. The monoisotopic (exact) mass is 308 g/mol. The minimum atomic E-state index is -0.457. The van der Waals surface area contributed by atoms with Gasteiger partial charge in [-0.2, -0.15) is 0 Å². The Kier molecular flexibility index (Phi) is 4.20. The molecule has 4 nitrogen and oxygen atoms in total. The smallest absolute Gasteiger partial charge is 0.267 e. The molecule has 0 atom stereocenters. The molecule has 2 N–H and O–H groups in total. The van der Waals surface area contributed by atoms with Crippen molar-refractivity contribution < 1.29 is 4.79 Å². The average Bonchev–Trinajstić information content (AvgIpc) is 2.41. The van der Waals surface area contributed by atoms with Crippen LogP contribution in [-0.4, -0.2) is 16.6 Å². The van der Waals surface area contributed by atoms with Crippen molar-refractivity contribution in [1.82, 2.24) is 4.57 Å². The maximum atomic E-state index is 12.4. The van der Waals surface area contributed by atoms with Gasteiger partial charge in [0.25, 0.3) is 5.56 Å². The largest absolute Gasteiger partial charge is 0.384 e. The van der Waals surface area contributed by atoms with Crippen LogP contribution in [0.25, 0.3) is 5.69 Å². The topological polar surface area (TPSA) is 65.1 Å². The van der Waals surface area contributed by atoms with Crippen molar-refractivity contribution in [3.63, 3.8) is 0 Å². The molecule has 6 heteroatoms. The van der Waals surface area contributed by atoms with Crippen molar-refractivity contribution in [1.29, 1.82) is 0 Å². The molecule has 1 heterocycles. The van der Waals surface area contributed by atoms with Crippen LogP contribution in [0.3, 0.4) is 0 Å². The molecule has 0 aliphatic carbocycles. The number of benzene rings is 1. The number of nitrogens with zero attached hydrogens (tertiary/aromatic N) is 1. The van der Waals surface area contributed by atoms with Crippen LogP contribution in [0.2, 0.25) is 5.02 Å². The number of aromatic nitrogens is 1. The predicted octanol–water partition coefficient (Wildman–Crippen LogP) is 3.00. The highest BCUT2D eigenvalue weighted by molar-refractivity contribution is 7.98. The molecule has 1 aromatic carbocycles. The van der Waals surface area contributed by atoms with Gasteiger partial charge in [-0.1, -0.05) is 23.7 Å². The summed E-state index contributed by atoms with van der Waals surface area (Å²) in [7, 11) is 0. The van der Waals surface area contributed by atoms with E-state index in [1.807, 2.05) is 6.26 Å². The van der Waals surface area contributed by atoms with Gasteiger partial charge in [-0.3, -0.25) is 14.2 Å². The number of hydrogen-bond acceptors (Lipinski definition) is 4. The van der Waals surface area contributed by atoms with Crippen molar-refractivity contribution in [2.45, 2.75) is 11.8 Å². The van der Waals surface area contributed by atoms with Gasteiger partial charge in [0.15, 0.2) is 5.78 Å². The fourth-order valence-electron chi connectivity index (χ4n) is 1.89. The molecule has 0 saturated carbocycles. The minimum Gasteiger partial charge on any atom is -0.384 e. The highest BCUT2D eigenvalue weighted by Crippen LogP contribution is 2.27. The van der Waals surface area contributed by atoms with Gasteiger partial charge in [0.2, 0.25) is 0 Å². The number of carbonyl (C=O) groups excluding carboxylic acids is 1. The molecule has 1 aromatic heterocycles. The Bertz CT molecular complexity index is 740.